The normalized spacial score (nSPS) is 11.5. The third kappa shape index (κ3) is 3.85. The number of aromatic nitrogens is 4. The lowest BCUT2D eigenvalue weighted by atomic mass is 10.3. The third-order valence-corrected chi connectivity index (χ3v) is 2.82. The van der Waals surface area contributed by atoms with Gasteiger partial charge in [-0.15, -0.1) is 0 Å². The van der Waals surface area contributed by atoms with E-state index in [1.54, 1.807) is 17.4 Å². The number of tetrazole rings is 1. The summed E-state index contributed by atoms with van der Waals surface area (Å²) < 4.78 is 37.4. The van der Waals surface area contributed by atoms with Crippen LogP contribution in [0.4, 0.5) is 13.2 Å². The van der Waals surface area contributed by atoms with Gasteiger partial charge in [0, 0.05) is 0 Å². The van der Waals surface area contributed by atoms with Gasteiger partial charge in [-0.05, 0) is 22.6 Å². The number of para-hydroxylation sites is 1. The zero-order valence-electron chi connectivity index (χ0n) is 10.8. The van der Waals surface area contributed by atoms with E-state index in [2.05, 4.69) is 10.4 Å². The van der Waals surface area contributed by atoms with Crippen molar-refractivity contribution in [1.82, 2.24) is 25.1 Å². The molecular formula is C11H9ClF3N5O2. The molecule has 0 saturated heterocycles. The number of carbonyl (C=O) groups excluding carboxylic acids is 1. The summed E-state index contributed by atoms with van der Waals surface area (Å²) in [6, 6.07) is 6.29. The van der Waals surface area contributed by atoms with E-state index in [9.17, 15) is 22.8 Å². The van der Waals surface area contributed by atoms with E-state index in [0.717, 1.165) is 4.68 Å². The van der Waals surface area contributed by atoms with Crippen molar-refractivity contribution in [1.29, 1.82) is 0 Å². The Balaban J connectivity index is 2.14. The molecule has 2 rings (SSSR count). The largest absolute Gasteiger partial charge is 0.405 e. The molecule has 0 aliphatic carbocycles. The number of nitrogens with one attached hydrogen (secondary N) is 1. The van der Waals surface area contributed by atoms with Crippen LogP contribution < -0.4 is 11.0 Å². The van der Waals surface area contributed by atoms with Crippen molar-refractivity contribution in [2.75, 3.05) is 6.54 Å². The number of nitrogens with zero attached hydrogens (tertiary/aromatic N) is 4. The Labute approximate surface area is 126 Å². The number of halogens is 4. The minimum atomic E-state index is -4.53. The van der Waals surface area contributed by atoms with Crippen LogP contribution in [-0.4, -0.2) is 38.4 Å². The van der Waals surface area contributed by atoms with Gasteiger partial charge in [0.2, 0.25) is 5.91 Å². The number of benzene rings is 1. The lowest BCUT2D eigenvalue weighted by molar-refractivity contribution is -0.138. The average Bonchev–Trinajstić information content (AvgIpc) is 2.78. The lowest BCUT2D eigenvalue weighted by Crippen LogP contribution is -2.38. The predicted octanol–water partition coefficient (Wildman–Crippen LogP) is 0.761. The van der Waals surface area contributed by atoms with Crippen LogP contribution >= 0.6 is 11.6 Å². The zero-order chi connectivity index (χ0) is 16.3. The summed E-state index contributed by atoms with van der Waals surface area (Å²) in [5, 5.41) is 8.84. The van der Waals surface area contributed by atoms with Gasteiger partial charge in [-0.25, -0.2) is 4.79 Å². The summed E-state index contributed by atoms with van der Waals surface area (Å²) >= 11 is 5.90. The summed E-state index contributed by atoms with van der Waals surface area (Å²) in [6.07, 6.45) is -4.53. The first kappa shape index (κ1) is 16.0. The molecule has 11 heteroatoms. The van der Waals surface area contributed by atoms with Crippen LogP contribution in [0.2, 0.25) is 5.02 Å². The van der Waals surface area contributed by atoms with Crippen LogP contribution in [0.5, 0.6) is 0 Å². The van der Waals surface area contributed by atoms with E-state index in [0.29, 0.717) is 4.68 Å². The second-order valence-electron chi connectivity index (χ2n) is 4.17. The highest BCUT2D eigenvalue weighted by atomic mass is 35.5. The third-order valence-electron chi connectivity index (χ3n) is 2.50. The minimum Gasteiger partial charge on any atom is -0.345 e. The van der Waals surface area contributed by atoms with E-state index >= 15 is 0 Å². The van der Waals surface area contributed by atoms with Crippen molar-refractivity contribution in [2.45, 2.75) is 12.7 Å². The molecule has 0 spiro atoms. The highest BCUT2D eigenvalue weighted by Crippen LogP contribution is 2.16. The van der Waals surface area contributed by atoms with Crippen molar-refractivity contribution < 1.29 is 18.0 Å². The van der Waals surface area contributed by atoms with Crippen molar-refractivity contribution in [2.24, 2.45) is 0 Å². The quantitative estimate of drug-likeness (QED) is 0.894. The molecule has 7 nitrogen and oxygen atoms in total. The van der Waals surface area contributed by atoms with Gasteiger partial charge in [0.25, 0.3) is 0 Å². The van der Waals surface area contributed by atoms with E-state index in [1.807, 2.05) is 0 Å². The molecule has 0 aliphatic heterocycles. The summed E-state index contributed by atoms with van der Waals surface area (Å²) in [5.41, 5.74) is -0.550. The number of amides is 1. The lowest BCUT2D eigenvalue weighted by Gasteiger charge is -2.07. The molecular weight excluding hydrogens is 327 g/mol. The Morgan fingerprint density at radius 1 is 1.27 bits per heavy atom. The van der Waals surface area contributed by atoms with Gasteiger partial charge >= 0.3 is 11.9 Å². The Kier molecular flexibility index (Phi) is 4.50. The van der Waals surface area contributed by atoms with Crippen molar-refractivity contribution in [3.05, 3.63) is 39.8 Å². The minimum absolute atomic E-state index is 0.234. The van der Waals surface area contributed by atoms with E-state index in [4.69, 9.17) is 11.6 Å². The van der Waals surface area contributed by atoms with Crippen molar-refractivity contribution >= 4 is 17.5 Å². The fraction of sp³-hybridized carbons (Fsp3) is 0.273. The van der Waals surface area contributed by atoms with E-state index < -0.39 is 30.9 Å². The molecule has 0 unspecified atom stereocenters. The van der Waals surface area contributed by atoms with Crippen molar-refractivity contribution in [3.8, 4) is 5.69 Å². The first-order valence-electron chi connectivity index (χ1n) is 5.89. The monoisotopic (exact) mass is 335 g/mol. The second-order valence-corrected chi connectivity index (χ2v) is 4.58. The standard InChI is InChI=1S/C11H9ClF3N5O2/c12-7-3-1-2-4-8(7)20-10(22)19(17-18-20)5-9(21)16-6-11(13,14)15/h1-4H,5-6H2,(H,16,21). The molecule has 0 atom stereocenters. The number of hydrogen-bond acceptors (Lipinski definition) is 4. The number of carbonyl (C=O) groups is 1. The van der Waals surface area contributed by atoms with Gasteiger partial charge in [0.05, 0.1) is 10.7 Å². The average molecular weight is 336 g/mol. The molecule has 0 saturated carbocycles. The molecule has 1 heterocycles. The maximum atomic E-state index is 12.0. The molecule has 2 aromatic rings. The van der Waals surface area contributed by atoms with Gasteiger partial charge < -0.3 is 5.32 Å². The number of alkyl halides is 3. The summed E-state index contributed by atoms with van der Waals surface area (Å²) in [7, 11) is 0. The topological polar surface area (TPSA) is 81.8 Å². The number of rotatable bonds is 4. The maximum absolute atomic E-state index is 12.0. The molecule has 0 aliphatic rings. The first-order chi connectivity index (χ1) is 10.3. The predicted molar refractivity (Wildman–Crippen MR) is 69.7 cm³/mol. The smallest absolute Gasteiger partial charge is 0.345 e. The maximum Gasteiger partial charge on any atom is 0.405 e. The molecule has 1 N–H and O–H groups in total. The summed E-state index contributed by atoms with van der Waals surface area (Å²) in [5.74, 6) is -1.01. The van der Waals surface area contributed by atoms with Crippen LogP contribution in [-0.2, 0) is 11.3 Å². The van der Waals surface area contributed by atoms with Gasteiger partial charge in [-0.3, -0.25) is 4.79 Å². The van der Waals surface area contributed by atoms with Crippen LogP contribution in [0.1, 0.15) is 0 Å². The SMILES string of the molecule is O=C(Cn1nnn(-c2ccccc2Cl)c1=O)NCC(F)(F)F. The Morgan fingerprint density at radius 3 is 2.59 bits per heavy atom. The highest BCUT2D eigenvalue weighted by molar-refractivity contribution is 6.32. The molecule has 1 amide bonds. The molecule has 0 bridgehead atoms. The fourth-order valence-corrected chi connectivity index (χ4v) is 1.75. The molecule has 0 fully saturated rings. The molecule has 1 aromatic carbocycles. The fourth-order valence-electron chi connectivity index (χ4n) is 1.54. The first-order valence-corrected chi connectivity index (χ1v) is 6.27. The Morgan fingerprint density at radius 2 is 1.95 bits per heavy atom. The number of hydrogen-bond donors (Lipinski definition) is 1. The van der Waals surface area contributed by atoms with E-state index in [1.165, 1.54) is 12.1 Å². The van der Waals surface area contributed by atoms with Crippen molar-refractivity contribution in [3.63, 3.8) is 0 Å². The Hall–Kier alpha value is -2.36. The van der Waals surface area contributed by atoms with Crippen LogP contribution in [0.3, 0.4) is 0 Å². The van der Waals surface area contributed by atoms with Crippen LogP contribution in [0, 0.1) is 0 Å². The van der Waals surface area contributed by atoms with Gasteiger partial charge in [-0.2, -0.15) is 22.5 Å². The van der Waals surface area contributed by atoms with Gasteiger partial charge in [0.1, 0.15) is 13.1 Å². The molecule has 118 valence electrons. The molecule has 22 heavy (non-hydrogen) atoms. The van der Waals surface area contributed by atoms with Gasteiger partial charge in [0.15, 0.2) is 0 Å². The second kappa shape index (κ2) is 6.18. The highest BCUT2D eigenvalue weighted by Gasteiger charge is 2.28. The summed E-state index contributed by atoms with van der Waals surface area (Å²) in [6.45, 7) is -2.17. The van der Waals surface area contributed by atoms with E-state index in [-0.39, 0.29) is 10.7 Å². The molecule has 0 radical (unpaired) electrons. The van der Waals surface area contributed by atoms with Crippen LogP contribution in [0.15, 0.2) is 29.1 Å². The van der Waals surface area contributed by atoms with Gasteiger partial charge in [-0.1, -0.05) is 23.7 Å². The Bertz CT molecular complexity index is 740. The zero-order valence-corrected chi connectivity index (χ0v) is 11.6. The molecule has 1 aromatic heterocycles. The van der Waals surface area contributed by atoms with Crippen LogP contribution in [0.25, 0.3) is 5.69 Å². The summed E-state index contributed by atoms with van der Waals surface area (Å²) in [4.78, 5) is 23.3.